The van der Waals surface area contributed by atoms with Crippen LogP contribution >= 0.6 is 0 Å². The van der Waals surface area contributed by atoms with Crippen molar-refractivity contribution in [2.45, 2.75) is 77.0 Å². The maximum absolute atomic E-state index is 4.25. The highest BCUT2D eigenvalue weighted by atomic mass is 14.7. The minimum absolute atomic E-state index is 0.701. The highest BCUT2D eigenvalue weighted by molar-refractivity contribution is 5.27. The fourth-order valence-corrected chi connectivity index (χ4v) is 21.2. The third kappa shape index (κ3) is 5.61. The highest BCUT2D eigenvalue weighted by Gasteiger charge is 2.65. The number of fused-ring (bicyclic) bond motifs is 31. The summed E-state index contributed by atoms with van der Waals surface area (Å²) < 4.78 is 0. The lowest BCUT2D eigenvalue weighted by Gasteiger charge is -2.38. The molecule has 0 N–H and O–H groups in total. The average molecular weight is 821 g/mol. The van der Waals surface area contributed by atoms with Gasteiger partial charge in [0, 0.05) is 0 Å². The maximum Gasteiger partial charge on any atom is -0.0133 e. The van der Waals surface area contributed by atoms with Crippen molar-refractivity contribution in [1.29, 1.82) is 0 Å². The number of rotatable bonds is 4. The van der Waals surface area contributed by atoms with Crippen molar-refractivity contribution in [3.05, 3.63) is 135 Å². The van der Waals surface area contributed by atoms with Crippen LogP contribution in [0.2, 0.25) is 0 Å². The summed E-state index contributed by atoms with van der Waals surface area (Å²) in [4.78, 5) is 0. The molecule has 324 valence electrons. The number of allylic oxidation sites excluding steroid dienone is 20. The van der Waals surface area contributed by atoms with Gasteiger partial charge in [0.2, 0.25) is 0 Å². The third-order valence-corrected chi connectivity index (χ3v) is 23.2. The molecule has 0 heterocycles. The van der Waals surface area contributed by atoms with Gasteiger partial charge in [-0.05, 0) is 243 Å². The molecular formula is C62H76. The second-order valence-electron chi connectivity index (χ2n) is 24.8. The molecule has 9 saturated carbocycles. The maximum atomic E-state index is 4.25. The first kappa shape index (κ1) is 38.4. The van der Waals surface area contributed by atoms with Crippen molar-refractivity contribution in [1.82, 2.24) is 0 Å². The molecular weight excluding hydrogens is 745 g/mol. The van der Waals surface area contributed by atoms with Gasteiger partial charge in [-0.2, -0.15) is 0 Å². The molecule has 28 unspecified atom stereocenters. The average Bonchev–Trinajstić information content (AvgIpc) is 4.12. The Morgan fingerprint density at radius 1 is 0.274 bits per heavy atom. The van der Waals surface area contributed by atoms with E-state index in [4.69, 9.17) is 0 Å². The van der Waals surface area contributed by atoms with Gasteiger partial charge in [-0.3, -0.25) is 0 Å². The van der Waals surface area contributed by atoms with Crippen LogP contribution in [0.4, 0.5) is 0 Å². The zero-order chi connectivity index (χ0) is 40.8. The quantitative estimate of drug-likeness (QED) is 0.196. The molecule has 0 aromatic carbocycles. The largest absolute Gasteiger partial charge is 0.103 e. The molecule has 0 aromatic heterocycles. The Hall–Kier alpha value is -2.86. The summed E-state index contributed by atoms with van der Waals surface area (Å²) in [6, 6.07) is 0. The van der Waals surface area contributed by atoms with Crippen LogP contribution in [-0.2, 0) is 0 Å². The molecule has 0 nitrogen and oxygen atoms in total. The van der Waals surface area contributed by atoms with Gasteiger partial charge in [-0.15, -0.1) is 13.2 Å². The Morgan fingerprint density at radius 2 is 0.694 bits per heavy atom. The summed E-state index contributed by atoms with van der Waals surface area (Å²) in [5.74, 6) is 26.5. The van der Waals surface area contributed by atoms with Crippen molar-refractivity contribution in [3.63, 3.8) is 0 Å². The summed E-state index contributed by atoms with van der Waals surface area (Å²) in [6.07, 6.45) is 66.5. The smallest absolute Gasteiger partial charge is 0.0133 e. The fourth-order valence-electron chi connectivity index (χ4n) is 21.2. The first-order valence-corrected chi connectivity index (χ1v) is 26.9. The Labute approximate surface area is 375 Å². The van der Waals surface area contributed by atoms with Gasteiger partial charge < -0.3 is 0 Å². The van der Waals surface area contributed by atoms with E-state index in [1.807, 2.05) is 0 Å². The molecule has 9 fully saturated rings. The second kappa shape index (κ2) is 14.8. The van der Waals surface area contributed by atoms with Crippen LogP contribution in [0.3, 0.4) is 0 Å². The van der Waals surface area contributed by atoms with Crippen molar-refractivity contribution < 1.29 is 0 Å². The summed E-state index contributed by atoms with van der Waals surface area (Å²) in [6.45, 7) is 8.37. The molecule has 62 heavy (non-hydrogen) atoms. The van der Waals surface area contributed by atoms with E-state index in [1.54, 1.807) is 6.42 Å². The van der Waals surface area contributed by atoms with E-state index in [0.29, 0.717) is 5.92 Å². The number of hydrogen-bond acceptors (Lipinski definition) is 0. The first-order valence-electron chi connectivity index (χ1n) is 26.9. The summed E-state index contributed by atoms with van der Waals surface area (Å²) in [7, 11) is 0. The van der Waals surface area contributed by atoms with Gasteiger partial charge in [-0.1, -0.05) is 122 Å². The molecule has 0 spiro atoms. The van der Waals surface area contributed by atoms with Crippen LogP contribution in [0.1, 0.15) is 77.0 Å². The lowest BCUT2D eigenvalue weighted by atomic mass is 9.66. The van der Waals surface area contributed by atoms with E-state index in [2.05, 4.69) is 135 Å². The van der Waals surface area contributed by atoms with Crippen LogP contribution in [0.25, 0.3) is 0 Å². The van der Waals surface area contributed by atoms with E-state index >= 15 is 0 Å². The normalized spacial score (nSPS) is 58.4. The van der Waals surface area contributed by atoms with Crippen LogP contribution < -0.4 is 0 Å². The van der Waals surface area contributed by atoms with E-state index in [-0.39, 0.29) is 0 Å². The van der Waals surface area contributed by atoms with Gasteiger partial charge in [0.25, 0.3) is 0 Å². The first-order chi connectivity index (χ1) is 30.6. The molecule has 0 heteroatoms. The molecule has 0 saturated heterocycles. The zero-order valence-corrected chi connectivity index (χ0v) is 37.6. The number of hydrogen-bond donors (Lipinski definition) is 0. The highest BCUT2D eigenvalue weighted by Crippen LogP contribution is 2.71. The van der Waals surface area contributed by atoms with Gasteiger partial charge in [0.05, 0.1) is 0 Å². The van der Waals surface area contributed by atoms with Crippen molar-refractivity contribution in [2.24, 2.45) is 166 Å². The van der Waals surface area contributed by atoms with Crippen molar-refractivity contribution >= 4 is 0 Å². The fraction of sp³-hybridized carbons (Fsp3) is 0.645. The molecule has 17 aliphatic carbocycles. The molecule has 0 aromatic rings. The van der Waals surface area contributed by atoms with E-state index < -0.39 is 0 Å². The van der Waals surface area contributed by atoms with Gasteiger partial charge in [0.1, 0.15) is 0 Å². The van der Waals surface area contributed by atoms with Gasteiger partial charge >= 0.3 is 0 Å². The summed E-state index contributed by atoms with van der Waals surface area (Å²) in [5, 5.41) is 0. The van der Waals surface area contributed by atoms with Crippen LogP contribution in [0.15, 0.2) is 135 Å². The standard InChI is InChI=1S/C27H34.C15H18.2C10H12/c1-3-16-13-18(21-8-5-7-20(16)21)11-12-19-14-17(4-2)26-24-15-25(27(19)26)23-10-6-9-22(23)24;1-2-10-11(3-1)13-7-12(10)14-8-4-5-9(6-8)15(13)14;2*1-2-9-7-4-5-8(6-7)10(9)3-1/h3-7,10-12,16-27H,1-2,8-9,13-15H2;1-2,4-5,8-15H,3,6-7H2;2*1-2,4-5,7-10H,3,6H2/b12-11-;;;. The lowest BCUT2D eigenvalue weighted by molar-refractivity contribution is 0.121. The van der Waals surface area contributed by atoms with Crippen LogP contribution in [0, 0.1) is 166 Å². The van der Waals surface area contributed by atoms with E-state index in [1.165, 1.54) is 70.6 Å². The minimum Gasteiger partial charge on any atom is -0.103 e. The molecule has 0 aliphatic heterocycles. The monoisotopic (exact) mass is 821 g/mol. The predicted molar refractivity (Wildman–Crippen MR) is 256 cm³/mol. The van der Waals surface area contributed by atoms with Crippen molar-refractivity contribution in [3.8, 4) is 0 Å². The third-order valence-electron chi connectivity index (χ3n) is 23.2. The molecule has 0 radical (unpaired) electrons. The SMILES string of the molecule is C1=CC2C(C1)C1CC2C2C3C=CC(C3)C12.C1=CC2C3C=CC(C3)C2C1.C1=CC2C3C=CC(C3)C2C1.C=CC1CC(/C=C\C2CC(C=C)C3C4CC(C5C=CCC54)C23)C2CC=CC12. The zero-order valence-electron chi connectivity index (χ0n) is 37.6. The van der Waals surface area contributed by atoms with E-state index in [0.717, 1.165) is 160 Å². The van der Waals surface area contributed by atoms with E-state index in [9.17, 15) is 0 Å². The predicted octanol–water partition coefficient (Wildman–Crippen LogP) is 14.5. The molecule has 0 amide bonds. The Kier molecular flexibility index (Phi) is 9.19. The van der Waals surface area contributed by atoms with Crippen LogP contribution in [0.5, 0.6) is 0 Å². The van der Waals surface area contributed by atoms with Crippen LogP contribution in [-0.4, -0.2) is 0 Å². The summed E-state index contributed by atoms with van der Waals surface area (Å²) in [5.41, 5.74) is 0. The summed E-state index contributed by atoms with van der Waals surface area (Å²) >= 11 is 0. The lowest BCUT2D eigenvalue weighted by Crippen LogP contribution is -2.34. The van der Waals surface area contributed by atoms with Gasteiger partial charge in [-0.25, -0.2) is 0 Å². The Morgan fingerprint density at radius 3 is 1.29 bits per heavy atom. The topological polar surface area (TPSA) is 0 Å². The second-order valence-corrected chi connectivity index (χ2v) is 24.8. The molecule has 17 rings (SSSR count). The molecule has 17 aliphatic rings. The molecule has 28 atom stereocenters. The molecule has 10 bridgehead atoms. The minimum atomic E-state index is 0.701. The van der Waals surface area contributed by atoms with Gasteiger partial charge in [0.15, 0.2) is 0 Å². The Bertz CT molecular complexity index is 2030. The van der Waals surface area contributed by atoms with Crippen molar-refractivity contribution in [2.75, 3.05) is 0 Å². The Balaban J connectivity index is 0.0000000890.